The number of hydrogen-bond donors (Lipinski definition) is 2. The van der Waals surface area contributed by atoms with Gasteiger partial charge in [0, 0.05) is 11.1 Å². The molecule has 0 radical (unpaired) electrons. The molecule has 20 heavy (non-hydrogen) atoms. The van der Waals surface area contributed by atoms with Gasteiger partial charge in [-0.15, -0.1) is 11.3 Å². The number of carbonyl (C=O) groups is 1. The number of aryl methyl sites for hydroxylation is 2. The monoisotopic (exact) mass is 284 g/mol. The number of thiophene rings is 1. The van der Waals surface area contributed by atoms with E-state index < -0.39 is 0 Å². The van der Waals surface area contributed by atoms with E-state index in [1.54, 1.807) is 11.4 Å². The molecule has 0 atom stereocenters. The lowest BCUT2D eigenvalue weighted by molar-refractivity contribution is 0.102. The number of nitrogens with two attached hydrogens (primary N) is 1. The van der Waals surface area contributed by atoms with Gasteiger partial charge in [-0.25, -0.2) is 0 Å². The molecular weight excluding hydrogens is 268 g/mol. The second-order valence-corrected chi connectivity index (χ2v) is 5.45. The number of anilines is 1. The smallest absolute Gasteiger partial charge is 0.256 e. The van der Waals surface area contributed by atoms with Crippen LogP contribution in [0.5, 0.6) is 0 Å². The first-order chi connectivity index (χ1) is 9.58. The van der Waals surface area contributed by atoms with Crippen molar-refractivity contribution in [2.75, 3.05) is 11.9 Å². The van der Waals surface area contributed by atoms with E-state index in [9.17, 15) is 4.79 Å². The summed E-state index contributed by atoms with van der Waals surface area (Å²) in [5.74, 6) is 5.58. The summed E-state index contributed by atoms with van der Waals surface area (Å²) in [6.45, 7) is 4.34. The summed E-state index contributed by atoms with van der Waals surface area (Å²) in [5.41, 5.74) is 9.01. The largest absolute Gasteiger partial charge is 0.322 e. The Labute approximate surface area is 122 Å². The third kappa shape index (κ3) is 3.70. The minimum atomic E-state index is -0.118. The van der Waals surface area contributed by atoms with Crippen molar-refractivity contribution in [3.05, 3.63) is 51.2 Å². The maximum absolute atomic E-state index is 12.1. The molecule has 0 aliphatic carbocycles. The Morgan fingerprint density at radius 3 is 2.60 bits per heavy atom. The van der Waals surface area contributed by atoms with Gasteiger partial charge in [-0.2, -0.15) is 0 Å². The van der Waals surface area contributed by atoms with Crippen LogP contribution in [0.4, 0.5) is 5.69 Å². The highest BCUT2D eigenvalue weighted by Gasteiger charge is 2.08. The van der Waals surface area contributed by atoms with Crippen LogP contribution < -0.4 is 11.1 Å². The summed E-state index contributed by atoms with van der Waals surface area (Å²) in [4.78, 5) is 13.0. The molecule has 1 amide bonds. The maximum Gasteiger partial charge on any atom is 0.256 e. The van der Waals surface area contributed by atoms with Gasteiger partial charge in [0.2, 0.25) is 0 Å². The maximum atomic E-state index is 12.1. The summed E-state index contributed by atoms with van der Waals surface area (Å²) >= 11 is 1.44. The Morgan fingerprint density at radius 1 is 1.25 bits per heavy atom. The molecule has 1 heterocycles. The Bertz CT molecular complexity index is 672. The number of benzene rings is 1. The summed E-state index contributed by atoms with van der Waals surface area (Å²) in [6.07, 6.45) is 0. The first kappa shape index (κ1) is 14.3. The van der Waals surface area contributed by atoms with Gasteiger partial charge in [0.1, 0.15) is 0 Å². The quantitative estimate of drug-likeness (QED) is 0.833. The molecule has 0 aliphatic rings. The van der Waals surface area contributed by atoms with Crippen LogP contribution in [0.1, 0.15) is 26.4 Å². The van der Waals surface area contributed by atoms with Gasteiger partial charge in [0.15, 0.2) is 0 Å². The standard InChI is InChI=1S/C16H16N2OS/c1-11-6-12(2)8-14(7-11)18-16(19)13-9-15(20-10-13)4-3-5-17/h6-10H,5,17H2,1-2H3,(H,18,19). The summed E-state index contributed by atoms with van der Waals surface area (Å²) in [5, 5.41) is 4.71. The normalized spacial score (nSPS) is 9.75. The third-order valence-corrected chi connectivity index (χ3v) is 3.50. The van der Waals surface area contributed by atoms with Gasteiger partial charge in [0.25, 0.3) is 5.91 Å². The van der Waals surface area contributed by atoms with Gasteiger partial charge in [-0.05, 0) is 43.2 Å². The average Bonchev–Trinajstić information content (AvgIpc) is 2.83. The lowest BCUT2D eigenvalue weighted by Crippen LogP contribution is -2.11. The molecule has 0 bridgehead atoms. The number of amides is 1. The minimum Gasteiger partial charge on any atom is -0.322 e. The van der Waals surface area contributed by atoms with Crippen LogP contribution >= 0.6 is 11.3 Å². The molecule has 0 aliphatic heterocycles. The van der Waals surface area contributed by atoms with E-state index in [4.69, 9.17) is 5.73 Å². The Hall–Kier alpha value is -2.09. The highest BCUT2D eigenvalue weighted by molar-refractivity contribution is 7.10. The second-order valence-electron chi connectivity index (χ2n) is 4.54. The minimum absolute atomic E-state index is 0.118. The zero-order valence-electron chi connectivity index (χ0n) is 11.5. The lowest BCUT2D eigenvalue weighted by Gasteiger charge is -2.06. The van der Waals surface area contributed by atoms with Crippen molar-refractivity contribution in [2.24, 2.45) is 5.73 Å². The van der Waals surface area contributed by atoms with E-state index in [0.29, 0.717) is 12.1 Å². The number of nitrogens with one attached hydrogen (secondary N) is 1. The summed E-state index contributed by atoms with van der Waals surface area (Å²) < 4.78 is 0. The fourth-order valence-corrected chi connectivity index (χ4v) is 2.66. The van der Waals surface area contributed by atoms with Crippen molar-refractivity contribution in [1.82, 2.24) is 0 Å². The molecule has 0 unspecified atom stereocenters. The van der Waals surface area contributed by atoms with E-state index in [0.717, 1.165) is 21.7 Å². The molecule has 3 N–H and O–H groups in total. The number of carbonyl (C=O) groups excluding carboxylic acids is 1. The Kier molecular flexibility index (Phi) is 4.57. The molecule has 1 aromatic carbocycles. The van der Waals surface area contributed by atoms with Crippen LogP contribution in [0, 0.1) is 25.7 Å². The highest BCUT2D eigenvalue weighted by Crippen LogP contribution is 2.18. The number of rotatable bonds is 2. The fraction of sp³-hybridized carbons (Fsp3) is 0.188. The van der Waals surface area contributed by atoms with Crippen LogP contribution in [0.25, 0.3) is 0 Å². The summed E-state index contributed by atoms with van der Waals surface area (Å²) in [6, 6.07) is 7.75. The van der Waals surface area contributed by atoms with E-state index >= 15 is 0 Å². The fourth-order valence-electron chi connectivity index (χ4n) is 1.91. The third-order valence-electron chi connectivity index (χ3n) is 2.65. The van der Waals surface area contributed by atoms with Crippen molar-refractivity contribution >= 4 is 22.9 Å². The van der Waals surface area contributed by atoms with Crippen LogP contribution in [0.2, 0.25) is 0 Å². The Morgan fingerprint density at radius 2 is 1.95 bits per heavy atom. The van der Waals surface area contributed by atoms with Crippen molar-refractivity contribution in [2.45, 2.75) is 13.8 Å². The predicted octanol–water partition coefficient (Wildman–Crippen LogP) is 2.93. The van der Waals surface area contributed by atoms with Crippen LogP contribution in [-0.4, -0.2) is 12.5 Å². The Balaban J connectivity index is 2.13. The molecular formula is C16H16N2OS. The predicted molar refractivity (Wildman–Crippen MR) is 84.1 cm³/mol. The first-order valence-electron chi connectivity index (χ1n) is 6.25. The van der Waals surface area contributed by atoms with E-state index in [1.165, 1.54) is 11.3 Å². The van der Waals surface area contributed by atoms with Crippen LogP contribution in [-0.2, 0) is 0 Å². The zero-order chi connectivity index (χ0) is 14.5. The average molecular weight is 284 g/mol. The van der Waals surface area contributed by atoms with E-state index in [2.05, 4.69) is 23.2 Å². The van der Waals surface area contributed by atoms with Crippen molar-refractivity contribution in [3.8, 4) is 11.8 Å². The molecule has 2 aromatic rings. The number of hydrogen-bond acceptors (Lipinski definition) is 3. The highest BCUT2D eigenvalue weighted by atomic mass is 32.1. The van der Waals surface area contributed by atoms with Gasteiger partial charge in [-0.3, -0.25) is 4.79 Å². The van der Waals surface area contributed by atoms with E-state index in [1.807, 2.05) is 26.0 Å². The molecule has 3 nitrogen and oxygen atoms in total. The van der Waals surface area contributed by atoms with Gasteiger partial charge < -0.3 is 11.1 Å². The van der Waals surface area contributed by atoms with Gasteiger partial charge >= 0.3 is 0 Å². The molecule has 102 valence electrons. The SMILES string of the molecule is Cc1cc(C)cc(NC(=O)c2csc(C#CCN)c2)c1. The zero-order valence-corrected chi connectivity index (χ0v) is 12.3. The first-order valence-corrected chi connectivity index (χ1v) is 7.13. The molecule has 0 saturated carbocycles. The van der Waals surface area contributed by atoms with Gasteiger partial charge in [0.05, 0.1) is 17.0 Å². The lowest BCUT2D eigenvalue weighted by atomic mass is 10.1. The molecule has 2 rings (SSSR count). The second kappa shape index (κ2) is 6.38. The summed E-state index contributed by atoms with van der Waals surface area (Å²) in [7, 11) is 0. The molecule has 0 fully saturated rings. The van der Waals surface area contributed by atoms with Crippen molar-refractivity contribution in [1.29, 1.82) is 0 Å². The molecule has 0 spiro atoms. The van der Waals surface area contributed by atoms with Crippen LogP contribution in [0.15, 0.2) is 29.6 Å². The van der Waals surface area contributed by atoms with Crippen molar-refractivity contribution < 1.29 is 4.79 Å². The molecule has 0 saturated heterocycles. The van der Waals surface area contributed by atoms with Crippen LogP contribution in [0.3, 0.4) is 0 Å². The van der Waals surface area contributed by atoms with Crippen molar-refractivity contribution in [3.63, 3.8) is 0 Å². The topological polar surface area (TPSA) is 55.1 Å². The molecule has 4 heteroatoms. The molecule has 1 aromatic heterocycles. The van der Waals surface area contributed by atoms with Gasteiger partial charge in [-0.1, -0.05) is 17.9 Å². The van der Waals surface area contributed by atoms with E-state index in [-0.39, 0.29) is 5.91 Å².